The number of benzene rings is 1. The molecule has 110 valence electrons. The van der Waals surface area contributed by atoms with Crippen molar-refractivity contribution in [2.24, 2.45) is 0 Å². The zero-order chi connectivity index (χ0) is 15.8. The van der Waals surface area contributed by atoms with Gasteiger partial charge in [-0.2, -0.15) is 5.26 Å². The van der Waals surface area contributed by atoms with Crippen molar-refractivity contribution in [2.75, 3.05) is 0 Å². The first kappa shape index (κ1) is 13.6. The molecule has 0 aliphatic heterocycles. The van der Waals surface area contributed by atoms with Crippen LogP contribution in [0.3, 0.4) is 0 Å². The highest BCUT2D eigenvalue weighted by atomic mass is 35.5. The second-order valence-electron chi connectivity index (χ2n) is 5.05. The van der Waals surface area contributed by atoms with Crippen LogP contribution in [-0.2, 0) is 0 Å². The number of imidazole rings is 2. The summed E-state index contributed by atoms with van der Waals surface area (Å²) in [6, 6.07) is 13.4. The van der Waals surface area contributed by atoms with Gasteiger partial charge in [0.15, 0.2) is 0 Å². The Morgan fingerprint density at radius 1 is 1.17 bits per heavy atom. The van der Waals surface area contributed by atoms with E-state index in [1.165, 1.54) is 0 Å². The van der Waals surface area contributed by atoms with E-state index in [4.69, 9.17) is 11.6 Å². The molecule has 1 N–H and O–H groups in total. The first-order chi connectivity index (χ1) is 11.2. The molecule has 3 heterocycles. The van der Waals surface area contributed by atoms with Gasteiger partial charge in [-0.15, -0.1) is 0 Å². The molecule has 4 aromatic rings. The van der Waals surface area contributed by atoms with E-state index in [-0.39, 0.29) is 0 Å². The number of H-pyrrole nitrogens is 1. The molecule has 0 bridgehead atoms. The number of para-hydroxylation sites is 2. The topological polar surface area (TPSA) is 69.8 Å². The summed E-state index contributed by atoms with van der Waals surface area (Å²) in [5.41, 5.74) is 3.58. The summed E-state index contributed by atoms with van der Waals surface area (Å²) in [6.07, 6.45) is 5.30. The number of nitriles is 1. The summed E-state index contributed by atoms with van der Waals surface area (Å²) < 4.78 is 1.82. The predicted molar refractivity (Wildman–Crippen MR) is 89.8 cm³/mol. The Morgan fingerprint density at radius 3 is 2.87 bits per heavy atom. The molecule has 0 saturated carbocycles. The van der Waals surface area contributed by atoms with E-state index >= 15 is 0 Å². The molecule has 0 aliphatic carbocycles. The second-order valence-corrected chi connectivity index (χ2v) is 5.49. The minimum absolute atomic E-state index is 0.427. The molecule has 0 saturated heterocycles. The Hall–Kier alpha value is -3.10. The maximum Gasteiger partial charge on any atom is 0.149 e. The molecule has 0 atom stereocenters. The van der Waals surface area contributed by atoms with Gasteiger partial charge < -0.3 is 9.38 Å². The highest BCUT2D eigenvalue weighted by molar-refractivity contribution is 6.30. The van der Waals surface area contributed by atoms with Gasteiger partial charge in [0.05, 0.1) is 27.3 Å². The van der Waals surface area contributed by atoms with Crippen molar-refractivity contribution in [3.8, 4) is 6.07 Å². The zero-order valence-electron chi connectivity index (χ0n) is 11.9. The second kappa shape index (κ2) is 5.27. The monoisotopic (exact) mass is 319 g/mol. The Labute approximate surface area is 136 Å². The number of rotatable bonds is 2. The lowest BCUT2D eigenvalue weighted by Crippen LogP contribution is -1.84. The van der Waals surface area contributed by atoms with E-state index in [1.54, 1.807) is 18.3 Å². The average molecular weight is 320 g/mol. The molecular formula is C17H10ClN5. The van der Waals surface area contributed by atoms with Crippen molar-refractivity contribution >= 4 is 39.9 Å². The number of pyridine rings is 1. The number of nitrogens with zero attached hydrogens (tertiary/aromatic N) is 4. The van der Waals surface area contributed by atoms with Crippen LogP contribution in [0.15, 0.2) is 48.8 Å². The normalized spacial score (nSPS) is 11.9. The summed E-state index contributed by atoms with van der Waals surface area (Å²) in [7, 11) is 0. The molecule has 5 nitrogen and oxygen atoms in total. The molecule has 4 rings (SSSR count). The third-order valence-electron chi connectivity index (χ3n) is 3.49. The van der Waals surface area contributed by atoms with Crippen LogP contribution < -0.4 is 0 Å². The van der Waals surface area contributed by atoms with Crippen LogP contribution in [0.2, 0.25) is 5.02 Å². The Balaban J connectivity index is 1.81. The van der Waals surface area contributed by atoms with Crippen molar-refractivity contribution in [3.63, 3.8) is 0 Å². The van der Waals surface area contributed by atoms with E-state index in [2.05, 4.69) is 21.0 Å². The number of aromatic amines is 1. The molecule has 0 fully saturated rings. The summed E-state index contributed by atoms with van der Waals surface area (Å²) >= 11 is 5.97. The van der Waals surface area contributed by atoms with Crippen LogP contribution in [0.25, 0.3) is 28.3 Å². The highest BCUT2D eigenvalue weighted by Crippen LogP contribution is 2.19. The summed E-state index contributed by atoms with van der Waals surface area (Å²) in [5.74, 6) is 0.531. The first-order valence-corrected chi connectivity index (χ1v) is 7.32. The fraction of sp³-hybridized carbons (Fsp3) is 0. The summed E-state index contributed by atoms with van der Waals surface area (Å²) in [5, 5.41) is 10.1. The SMILES string of the molecule is N#C/C(=C\c1cn2cc(Cl)ccc2n1)c1nc2ccccc2[nH]1. The van der Waals surface area contributed by atoms with Crippen LogP contribution in [-0.4, -0.2) is 19.4 Å². The lowest BCUT2D eigenvalue weighted by Gasteiger charge is -1.91. The van der Waals surface area contributed by atoms with Crippen LogP contribution in [0.1, 0.15) is 11.5 Å². The maximum atomic E-state index is 9.45. The van der Waals surface area contributed by atoms with Crippen LogP contribution in [0, 0.1) is 11.3 Å². The number of hydrogen-bond donors (Lipinski definition) is 1. The predicted octanol–water partition coefficient (Wildman–Crippen LogP) is 3.93. The van der Waals surface area contributed by atoms with Gasteiger partial charge >= 0.3 is 0 Å². The number of fused-ring (bicyclic) bond motifs is 2. The first-order valence-electron chi connectivity index (χ1n) is 6.94. The van der Waals surface area contributed by atoms with E-state index in [0.29, 0.717) is 22.1 Å². The van der Waals surface area contributed by atoms with Crippen molar-refractivity contribution in [2.45, 2.75) is 0 Å². The van der Waals surface area contributed by atoms with Gasteiger partial charge in [-0.1, -0.05) is 23.7 Å². The van der Waals surface area contributed by atoms with Crippen molar-refractivity contribution in [1.82, 2.24) is 19.4 Å². The number of allylic oxidation sites excluding steroid dienone is 1. The van der Waals surface area contributed by atoms with Crippen LogP contribution in [0.4, 0.5) is 0 Å². The number of halogens is 1. The maximum absolute atomic E-state index is 9.45. The molecule has 0 spiro atoms. The van der Waals surface area contributed by atoms with E-state index < -0.39 is 0 Å². The van der Waals surface area contributed by atoms with Gasteiger partial charge in [0.2, 0.25) is 0 Å². The third kappa shape index (κ3) is 2.45. The van der Waals surface area contributed by atoms with Gasteiger partial charge in [-0.3, -0.25) is 0 Å². The molecule has 1 aromatic carbocycles. The average Bonchev–Trinajstić information content (AvgIpc) is 3.15. The lowest BCUT2D eigenvalue weighted by atomic mass is 10.2. The Bertz CT molecular complexity index is 1060. The fourth-order valence-corrected chi connectivity index (χ4v) is 2.60. The minimum Gasteiger partial charge on any atom is -0.337 e. The van der Waals surface area contributed by atoms with E-state index in [1.807, 2.05) is 40.9 Å². The fourth-order valence-electron chi connectivity index (χ4n) is 2.44. The van der Waals surface area contributed by atoms with Gasteiger partial charge in [0.25, 0.3) is 0 Å². The third-order valence-corrected chi connectivity index (χ3v) is 3.71. The molecule has 6 heteroatoms. The van der Waals surface area contributed by atoms with Gasteiger partial charge in [0, 0.05) is 12.4 Å². The van der Waals surface area contributed by atoms with Crippen molar-refractivity contribution < 1.29 is 0 Å². The number of hydrogen-bond acceptors (Lipinski definition) is 3. The zero-order valence-corrected chi connectivity index (χ0v) is 12.6. The van der Waals surface area contributed by atoms with E-state index in [0.717, 1.165) is 16.7 Å². The standard InChI is InChI=1S/C17H10ClN5/c18-12-5-6-16-20-13(10-23(16)9-12)7-11(8-19)17-21-14-3-1-2-4-15(14)22-17/h1-7,9-10H,(H,21,22)/b11-7+. The molecule has 0 radical (unpaired) electrons. The van der Waals surface area contributed by atoms with Gasteiger partial charge in [-0.05, 0) is 30.3 Å². The Kier molecular flexibility index (Phi) is 3.11. The van der Waals surface area contributed by atoms with Gasteiger partial charge in [0.1, 0.15) is 17.5 Å². The number of nitrogens with one attached hydrogen (secondary N) is 1. The lowest BCUT2D eigenvalue weighted by molar-refractivity contribution is 1.19. The van der Waals surface area contributed by atoms with Gasteiger partial charge in [-0.25, -0.2) is 9.97 Å². The highest BCUT2D eigenvalue weighted by Gasteiger charge is 2.09. The minimum atomic E-state index is 0.427. The molecule has 0 unspecified atom stereocenters. The largest absolute Gasteiger partial charge is 0.337 e. The van der Waals surface area contributed by atoms with Crippen LogP contribution >= 0.6 is 11.6 Å². The van der Waals surface area contributed by atoms with Crippen molar-refractivity contribution in [3.05, 3.63) is 65.3 Å². The molecular weight excluding hydrogens is 310 g/mol. The summed E-state index contributed by atoms with van der Waals surface area (Å²) in [6.45, 7) is 0. The number of aromatic nitrogens is 4. The van der Waals surface area contributed by atoms with Crippen molar-refractivity contribution in [1.29, 1.82) is 5.26 Å². The van der Waals surface area contributed by atoms with Crippen LogP contribution in [0.5, 0.6) is 0 Å². The molecule has 3 aromatic heterocycles. The summed E-state index contributed by atoms with van der Waals surface area (Å²) in [4.78, 5) is 12.1. The molecule has 0 amide bonds. The smallest absolute Gasteiger partial charge is 0.149 e. The quantitative estimate of drug-likeness (QED) is 0.569. The Morgan fingerprint density at radius 2 is 2.04 bits per heavy atom. The van der Waals surface area contributed by atoms with E-state index in [9.17, 15) is 5.26 Å². The molecule has 0 aliphatic rings. The molecule has 23 heavy (non-hydrogen) atoms.